The quantitative estimate of drug-likeness (QED) is 0.840. The maximum absolute atomic E-state index is 12.7. The van der Waals surface area contributed by atoms with Crippen molar-refractivity contribution in [1.29, 1.82) is 0 Å². The molecular formula is C18H28N2O4S2. The van der Waals surface area contributed by atoms with E-state index in [9.17, 15) is 16.8 Å². The maximum atomic E-state index is 12.7. The number of hydrogen-bond donors (Lipinski definition) is 1. The molecule has 0 saturated carbocycles. The number of hydrogen-bond acceptors (Lipinski definition) is 4. The van der Waals surface area contributed by atoms with E-state index in [-0.39, 0.29) is 28.4 Å². The van der Waals surface area contributed by atoms with Crippen molar-refractivity contribution < 1.29 is 16.8 Å². The molecule has 2 atom stereocenters. The van der Waals surface area contributed by atoms with Gasteiger partial charge in [0, 0.05) is 18.1 Å². The molecule has 0 aromatic heterocycles. The Bertz CT molecular complexity index is 857. The number of rotatable bonds is 4. The first-order valence-electron chi connectivity index (χ1n) is 8.99. The Balaban J connectivity index is 1.73. The average molecular weight is 401 g/mol. The van der Waals surface area contributed by atoms with Crippen LogP contribution in [0, 0.1) is 0 Å². The smallest absolute Gasteiger partial charge is 0.212 e. The van der Waals surface area contributed by atoms with Crippen LogP contribution in [0.1, 0.15) is 52.0 Å². The lowest BCUT2D eigenvalue weighted by molar-refractivity contribution is 0.221. The van der Waals surface area contributed by atoms with Gasteiger partial charge in [0.1, 0.15) is 0 Å². The van der Waals surface area contributed by atoms with Crippen molar-refractivity contribution in [2.24, 2.45) is 0 Å². The fourth-order valence-corrected chi connectivity index (χ4v) is 6.92. The van der Waals surface area contributed by atoms with Crippen LogP contribution in [-0.2, 0) is 25.5 Å². The van der Waals surface area contributed by atoms with Crippen LogP contribution in [0.2, 0.25) is 0 Å². The summed E-state index contributed by atoms with van der Waals surface area (Å²) in [6, 6.07) is 6.57. The van der Waals surface area contributed by atoms with Gasteiger partial charge in [-0.25, -0.2) is 21.6 Å². The molecule has 2 heterocycles. The highest BCUT2D eigenvalue weighted by atomic mass is 32.2. The predicted molar refractivity (Wildman–Crippen MR) is 102 cm³/mol. The zero-order chi connectivity index (χ0) is 19.3. The van der Waals surface area contributed by atoms with Gasteiger partial charge in [-0.2, -0.15) is 4.31 Å². The van der Waals surface area contributed by atoms with Gasteiger partial charge < -0.3 is 0 Å². The summed E-state index contributed by atoms with van der Waals surface area (Å²) in [7, 11) is -6.86. The van der Waals surface area contributed by atoms with Crippen LogP contribution in [0.5, 0.6) is 0 Å². The van der Waals surface area contributed by atoms with Crippen molar-refractivity contribution in [2.75, 3.05) is 6.26 Å². The molecule has 2 aliphatic rings. The van der Waals surface area contributed by atoms with E-state index in [4.69, 9.17) is 0 Å². The Morgan fingerprint density at radius 2 is 1.46 bits per heavy atom. The lowest BCUT2D eigenvalue weighted by atomic mass is 9.87. The summed E-state index contributed by atoms with van der Waals surface area (Å²) in [4.78, 5) is 0.253. The molecule has 1 aromatic rings. The highest BCUT2D eigenvalue weighted by molar-refractivity contribution is 7.89. The largest absolute Gasteiger partial charge is 0.240 e. The molecule has 1 aromatic carbocycles. The third kappa shape index (κ3) is 3.98. The Kier molecular flexibility index (Phi) is 5.01. The third-order valence-electron chi connectivity index (χ3n) is 5.40. The van der Waals surface area contributed by atoms with Crippen LogP contribution in [-0.4, -0.2) is 45.5 Å². The predicted octanol–water partition coefficient (Wildman–Crippen LogP) is 2.22. The molecule has 0 radical (unpaired) electrons. The van der Waals surface area contributed by atoms with Gasteiger partial charge >= 0.3 is 0 Å². The summed E-state index contributed by atoms with van der Waals surface area (Å²) in [6.07, 6.45) is 3.90. The fraction of sp³-hybridized carbons (Fsp3) is 0.667. The summed E-state index contributed by atoms with van der Waals surface area (Å²) < 4.78 is 53.8. The van der Waals surface area contributed by atoms with E-state index in [0.717, 1.165) is 18.4 Å². The molecule has 26 heavy (non-hydrogen) atoms. The van der Waals surface area contributed by atoms with E-state index in [2.05, 4.69) is 25.5 Å². The van der Waals surface area contributed by atoms with E-state index < -0.39 is 20.0 Å². The zero-order valence-corrected chi connectivity index (χ0v) is 17.4. The lowest BCUT2D eigenvalue weighted by Crippen LogP contribution is -2.51. The zero-order valence-electron chi connectivity index (χ0n) is 15.8. The SMILES string of the molecule is CC(C)(C)c1ccc(S(=O)(=O)NC2CC3CCC(C2)N3S(C)(=O)=O)cc1. The highest BCUT2D eigenvalue weighted by Gasteiger charge is 2.45. The molecule has 2 saturated heterocycles. The molecule has 8 heteroatoms. The van der Waals surface area contributed by atoms with E-state index in [1.807, 2.05) is 12.1 Å². The van der Waals surface area contributed by atoms with Crippen LogP contribution in [0.4, 0.5) is 0 Å². The van der Waals surface area contributed by atoms with E-state index in [0.29, 0.717) is 12.8 Å². The Morgan fingerprint density at radius 1 is 0.962 bits per heavy atom. The molecule has 2 bridgehead atoms. The van der Waals surface area contributed by atoms with E-state index in [1.165, 1.54) is 6.26 Å². The molecule has 3 rings (SSSR count). The number of sulfonamides is 2. The minimum absolute atomic E-state index is 0.0343. The normalized spacial score (nSPS) is 27.6. The Labute approximate surface area is 157 Å². The van der Waals surface area contributed by atoms with Crippen molar-refractivity contribution in [3.63, 3.8) is 0 Å². The molecule has 146 valence electrons. The van der Waals surface area contributed by atoms with Gasteiger partial charge in [0.25, 0.3) is 0 Å². The first-order chi connectivity index (χ1) is 11.9. The van der Waals surface area contributed by atoms with Gasteiger partial charge in [-0.05, 0) is 48.8 Å². The summed E-state index contributed by atoms with van der Waals surface area (Å²) in [5.41, 5.74) is 1.05. The summed E-state index contributed by atoms with van der Waals surface area (Å²) in [6.45, 7) is 6.25. The van der Waals surface area contributed by atoms with Crippen LogP contribution >= 0.6 is 0 Å². The number of fused-ring (bicyclic) bond motifs is 2. The minimum Gasteiger partial charge on any atom is -0.212 e. The van der Waals surface area contributed by atoms with Crippen molar-refractivity contribution in [3.8, 4) is 0 Å². The molecule has 0 spiro atoms. The van der Waals surface area contributed by atoms with Gasteiger partial charge in [-0.15, -0.1) is 0 Å². The number of nitrogens with zero attached hydrogens (tertiary/aromatic N) is 1. The van der Waals surface area contributed by atoms with Gasteiger partial charge in [-0.3, -0.25) is 0 Å². The standard InChI is InChI=1S/C18H28N2O4S2/c1-18(2,3)13-5-9-17(10-6-13)26(23,24)19-14-11-15-7-8-16(12-14)20(15)25(4,21)22/h5-6,9-10,14-16,19H,7-8,11-12H2,1-4H3. The molecule has 2 unspecified atom stereocenters. The van der Waals surface area contributed by atoms with Crippen molar-refractivity contribution in [3.05, 3.63) is 29.8 Å². The summed E-state index contributed by atoms with van der Waals surface area (Å²) >= 11 is 0. The number of piperidine rings is 1. The van der Waals surface area contributed by atoms with Crippen LogP contribution < -0.4 is 4.72 Å². The highest BCUT2D eigenvalue weighted by Crippen LogP contribution is 2.38. The third-order valence-corrected chi connectivity index (χ3v) is 8.30. The van der Waals surface area contributed by atoms with Crippen LogP contribution in [0.3, 0.4) is 0 Å². The summed E-state index contributed by atoms with van der Waals surface area (Å²) in [5, 5.41) is 0. The van der Waals surface area contributed by atoms with E-state index in [1.54, 1.807) is 16.4 Å². The van der Waals surface area contributed by atoms with Crippen molar-refractivity contribution in [2.45, 2.75) is 74.9 Å². The Hall–Kier alpha value is -0.960. The topological polar surface area (TPSA) is 83.6 Å². The number of benzene rings is 1. The molecule has 1 N–H and O–H groups in total. The first kappa shape index (κ1) is 19.8. The second-order valence-corrected chi connectivity index (χ2v) is 12.1. The average Bonchev–Trinajstić information content (AvgIpc) is 2.79. The van der Waals surface area contributed by atoms with Crippen molar-refractivity contribution >= 4 is 20.0 Å². The van der Waals surface area contributed by atoms with Crippen LogP contribution in [0.25, 0.3) is 0 Å². The second-order valence-electron chi connectivity index (χ2n) is 8.54. The van der Waals surface area contributed by atoms with Gasteiger partial charge in [-0.1, -0.05) is 32.9 Å². The van der Waals surface area contributed by atoms with Gasteiger partial charge in [0.15, 0.2) is 0 Å². The molecule has 2 aliphatic heterocycles. The van der Waals surface area contributed by atoms with Gasteiger partial charge in [0.05, 0.1) is 11.2 Å². The summed E-state index contributed by atoms with van der Waals surface area (Å²) in [5.74, 6) is 0. The lowest BCUT2D eigenvalue weighted by Gasteiger charge is -2.37. The number of nitrogens with one attached hydrogen (secondary N) is 1. The Morgan fingerprint density at radius 3 is 1.88 bits per heavy atom. The molecule has 2 fully saturated rings. The maximum Gasteiger partial charge on any atom is 0.240 e. The molecular weight excluding hydrogens is 372 g/mol. The van der Waals surface area contributed by atoms with Crippen LogP contribution in [0.15, 0.2) is 29.2 Å². The molecule has 6 nitrogen and oxygen atoms in total. The van der Waals surface area contributed by atoms with Crippen molar-refractivity contribution in [1.82, 2.24) is 9.03 Å². The fourth-order valence-electron chi connectivity index (χ4n) is 4.19. The molecule has 0 aliphatic carbocycles. The van der Waals surface area contributed by atoms with Gasteiger partial charge in [0.2, 0.25) is 20.0 Å². The van der Waals surface area contributed by atoms with E-state index >= 15 is 0 Å². The first-order valence-corrected chi connectivity index (χ1v) is 12.3. The minimum atomic E-state index is -3.61. The molecule has 0 amide bonds. The second kappa shape index (κ2) is 6.58. The monoisotopic (exact) mass is 400 g/mol.